The average molecular weight is 481 g/mol. The summed E-state index contributed by atoms with van der Waals surface area (Å²) in [5.41, 5.74) is 2.11. The van der Waals surface area contributed by atoms with Gasteiger partial charge in [0, 0.05) is 0 Å². The van der Waals surface area contributed by atoms with Crippen LogP contribution in [0.5, 0.6) is 0 Å². The van der Waals surface area contributed by atoms with Crippen LogP contribution in [0, 0.1) is 5.82 Å². The Balaban J connectivity index is 1.70. The molecule has 2 aromatic carbocycles. The van der Waals surface area contributed by atoms with E-state index >= 15 is 0 Å². The maximum atomic E-state index is 14.3. The highest BCUT2D eigenvalue weighted by Crippen LogP contribution is 2.37. The molecule has 3 amide bonds. The van der Waals surface area contributed by atoms with Gasteiger partial charge in [-0.1, -0.05) is 36.4 Å². The summed E-state index contributed by atoms with van der Waals surface area (Å²) in [6.45, 7) is 1.68. The number of nitrogens with one attached hydrogen (secondary N) is 3. The van der Waals surface area contributed by atoms with Crippen molar-refractivity contribution in [2.24, 2.45) is 0 Å². The molecule has 1 saturated carbocycles. The highest BCUT2D eigenvalue weighted by Gasteiger charge is 2.52. The Labute approximate surface area is 192 Å². The Morgan fingerprint density at radius 1 is 1.09 bits per heavy atom. The van der Waals surface area contributed by atoms with Crippen LogP contribution in [0.1, 0.15) is 48.1 Å². The summed E-state index contributed by atoms with van der Waals surface area (Å²) in [7, 11) is 1.23. The second-order valence-corrected chi connectivity index (χ2v) is 8.04. The third-order valence-corrected chi connectivity index (χ3v) is 5.43. The highest BCUT2D eigenvalue weighted by molar-refractivity contribution is 6.00. The molecule has 1 fully saturated rings. The van der Waals surface area contributed by atoms with Crippen molar-refractivity contribution >= 4 is 17.7 Å². The molecule has 7 nitrogen and oxygen atoms in total. The minimum atomic E-state index is -4.66. The molecule has 1 unspecified atom stereocenters. The minimum Gasteiger partial charge on any atom is -0.348 e. The van der Waals surface area contributed by atoms with E-state index in [1.54, 1.807) is 37.3 Å². The van der Waals surface area contributed by atoms with E-state index in [4.69, 9.17) is 0 Å². The normalized spacial score (nSPS) is 15.2. The zero-order valence-electron chi connectivity index (χ0n) is 18.4. The molecule has 0 spiro atoms. The van der Waals surface area contributed by atoms with Crippen LogP contribution in [0.4, 0.5) is 17.6 Å². The molecule has 0 heterocycles. The zero-order valence-corrected chi connectivity index (χ0v) is 18.4. The van der Waals surface area contributed by atoms with Crippen molar-refractivity contribution in [3.8, 4) is 11.1 Å². The van der Waals surface area contributed by atoms with E-state index < -0.39 is 47.7 Å². The van der Waals surface area contributed by atoms with Gasteiger partial charge in [0.15, 0.2) is 0 Å². The second kappa shape index (κ2) is 9.80. The lowest BCUT2D eigenvalue weighted by molar-refractivity contribution is -0.155. The summed E-state index contributed by atoms with van der Waals surface area (Å²) < 4.78 is 51.5. The number of carbonyl (C=O) groups excluding carboxylic acids is 3. The fourth-order valence-electron chi connectivity index (χ4n) is 3.54. The molecule has 182 valence electrons. The average Bonchev–Trinajstić information content (AvgIpc) is 3.53. The smallest absolute Gasteiger partial charge is 0.348 e. The van der Waals surface area contributed by atoms with Gasteiger partial charge >= 0.3 is 6.18 Å². The molecule has 1 aliphatic carbocycles. The molecule has 2 aromatic rings. The number of halogens is 4. The van der Waals surface area contributed by atoms with Gasteiger partial charge in [-0.05, 0) is 42.5 Å². The highest BCUT2D eigenvalue weighted by atomic mass is 19.4. The van der Waals surface area contributed by atoms with E-state index in [2.05, 4.69) is 21.0 Å². The first-order chi connectivity index (χ1) is 16.0. The van der Waals surface area contributed by atoms with Crippen LogP contribution in [0.3, 0.4) is 0 Å². The largest absolute Gasteiger partial charge is 0.397 e. The third-order valence-electron chi connectivity index (χ3n) is 5.43. The topological polar surface area (TPSA) is 96.5 Å². The molecule has 0 aliphatic heterocycles. The fourth-order valence-corrected chi connectivity index (χ4v) is 3.54. The van der Waals surface area contributed by atoms with Gasteiger partial charge in [0.2, 0.25) is 11.8 Å². The maximum absolute atomic E-state index is 14.3. The Morgan fingerprint density at radius 2 is 1.74 bits per heavy atom. The van der Waals surface area contributed by atoms with E-state index in [1.807, 2.05) is 0 Å². The summed E-state index contributed by atoms with van der Waals surface area (Å²) in [5.74, 6) is -3.29. The lowest BCUT2D eigenvalue weighted by Crippen LogP contribution is -2.50. The Morgan fingerprint density at radius 3 is 2.29 bits per heavy atom. The summed E-state index contributed by atoms with van der Waals surface area (Å²) in [5, 5.41) is 4.90. The third kappa shape index (κ3) is 5.90. The Kier molecular flexibility index (Phi) is 7.25. The van der Waals surface area contributed by atoms with Crippen molar-refractivity contribution in [3.05, 3.63) is 59.4 Å². The van der Waals surface area contributed by atoms with Gasteiger partial charge in [-0.3, -0.25) is 19.2 Å². The van der Waals surface area contributed by atoms with Crippen LogP contribution < -0.4 is 16.1 Å². The Bertz CT molecular complexity index is 1080. The van der Waals surface area contributed by atoms with Crippen LogP contribution in [-0.4, -0.2) is 36.5 Å². The summed E-state index contributed by atoms with van der Waals surface area (Å²) in [6, 6.07) is 10.3. The van der Waals surface area contributed by atoms with Crippen molar-refractivity contribution < 1.29 is 36.8 Å². The second-order valence-electron chi connectivity index (χ2n) is 8.04. The first-order valence-electron chi connectivity index (χ1n) is 10.4. The van der Waals surface area contributed by atoms with E-state index in [1.165, 1.54) is 13.2 Å². The van der Waals surface area contributed by atoms with E-state index in [0.29, 0.717) is 16.7 Å². The van der Waals surface area contributed by atoms with Crippen LogP contribution in [0.2, 0.25) is 0 Å². The van der Waals surface area contributed by atoms with E-state index in [0.717, 1.165) is 6.07 Å². The van der Waals surface area contributed by atoms with Crippen molar-refractivity contribution in [3.63, 3.8) is 0 Å². The van der Waals surface area contributed by atoms with Gasteiger partial charge in [0.05, 0.1) is 18.7 Å². The number of hydroxylamine groups is 1. The molecule has 1 aliphatic rings. The summed E-state index contributed by atoms with van der Waals surface area (Å²) >= 11 is 0. The van der Waals surface area contributed by atoms with Crippen LogP contribution in [0.15, 0.2) is 42.5 Å². The molecule has 0 aromatic heterocycles. The Hall–Kier alpha value is -3.47. The monoisotopic (exact) mass is 481 g/mol. The molecular formula is C23H23F4N3O4. The quantitative estimate of drug-likeness (QED) is 0.397. The number of hydrogen-bond acceptors (Lipinski definition) is 4. The predicted molar refractivity (Wildman–Crippen MR) is 114 cm³/mol. The van der Waals surface area contributed by atoms with Gasteiger partial charge in [-0.15, -0.1) is 0 Å². The number of amides is 3. The fraction of sp³-hybridized carbons (Fsp3) is 0.348. The van der Waals surface area contributed by atoms with Gasteiger partial charge in [0.1, 0.15) is 17.8 Å². The number of hydrogen-bond donors (Lipinski definition) is 3. The molecule has 0 bridgehead atoms. The number of rotatable bonds is 8. The lowest BCUT2D eigenvalue weighted by atomic mass is 9.96. The maximum Gasteiger partial charge on any atom is 0.397 e. The summed E-state index contributed by atoms with van der Waals surface area (Å²) in [4.78, 5) is 41.0. The van der Waals surface area contributed by atoms with Crippen LogP contribution >= 0.6 is 0 Å². The molecule has 34 heavy (non-hydrogen) atoms. The van der Waals surface area contributed by atoms with Crippen molar-refractivity contribution in [1.29, 1.82) is 0 Å². The molecular weight excluding hydrogens is 458 g/mol. The lowest BCUT2D eigenvalue weighted by Gasteiger charge is -2.21. The van der Waals surface area contributed by atoms with Crippen LogP contribution in [-0.2, 0) is 14.4 Å². The van der Waals surface area contributed by atoms with Crippen molar-refractivity contribution in [1.82, 2.24) is 16.1 Å². The van der Waals surface area contributed by atoms with Gasteiger partial charge < -0.3 is 10.6 Å². The first-order valence-corrected chi connectivity index (χ1v) is 10.4. The molecule has 0 radical (unpaired) electrons. The molecule has 1 atom stereocenters. The number of alkyl halides is 3. The summed E-state index contributed by atoms with van der Waals surface area (Å²) in [6.07, 6.45) is -5.80. The van der Waals surface area contributed by atoms with Gasteiger partial charge in [-0.2, -0.15) is 13.2 Å². The minimum absolute atomic E-state index is 0.191. The van der Waals surface area contributed by atoms with E-state index in [-0.39, 0.29) is 18.4 Å². The SMILES string of the molecule is CONC(=O)c1c(F)cccc1-c1ccc(C(C)NC(=O)C2(NC(=O)CC(F)(F)F)CC2)cc1. The standard InChI is InChI=1S/C23H23F4N3O4/c1-13(28-21(33)22(10-11-22)29-18(31)12-23(25,26)27)14-6-8-15(9-7-14)16-4-3-5-17(24)19(16)20(32)30-34-2/h3-9,13H,10-12H2,1-2H3,(H,28,33)(H,29,31)(H,30,32). The van der Waals surface area contributed by atoms with Crippen molar-refractivity contribution in [2.45, 2.75) is 43.9 Å². The molecule has 11 heteroatoms. The molecule has 0 saturated heterocycles. The van der Waals surface area contributed by atoms with Crippen LogP contribution in [0.25, 0.3) is 11.1 Å². The number of carbonyl (C=O) groups is 3. The van der Waals surface area contributed by atoms with Crippen molar-refractivity contribution in [2.75, 3.05) is 7.11 Å². The van der Waals surface area contributed by atoms with Gasteiger partial charge in [0.25, 0.3) is 5.91 Å². The van der Waals surface area contributed by atoms with E-state index in [9.17, 15) is 31.9 Å². The molecule has 3 N–H and O–H groups in total. The molecule has 3 rings (SSSR count). The zero-order chi connectivity index (χ0) is 25.1. The number of benzene rings is 2. The predicted octanol–water partition coefficient (Wildman–Crippen LogP) is 3.56. The van der Waals surface area contributed by atoms with Gasteiger partial charge in [-0.25, -0.2) is 9.87 Å². The first kappa shape index (κ1) is 25.2.